The summed E-state index contributed by atoms with van der Waals surface area (Å²) in [7, 11) is 0. The summed E-state index contributed by atoms with van der Waals surface area (Å²) in [6, 6.07) is 4.16. The van der Waals surface area contributed by atoms with Crippen molar-refractivity contribution in [1.29, 1.82) is 0 Å². The normalized spacial score (nSPS) is 10.2. The number of hydrogen-bond donors (Lipinski definition) is 1. The summed E-state index contributed by atoms with van der Waals surface area (Å²) in [5.41, 5.74) is -0.232. The average Bonchev–Trinajstić information content (AvgIpc) is 2.87. The summed E-state index contributed by atoms with van der Waals surface area (Å²) < 4.78 is 5.30. The summed E-state index contributed by atoms with van der Waals surface area (Å²) in [6.07, 6.45) is 0. The van der Waals surface area contributed by atoms with E-state index in [1.807, 2.05) is 0 Å². The summed E-state index contributed by atoms with van der Waals surface area (Å²) >= 11 is 6.46. The lowest BCUT2D eigenvalue weighted by Crippen LogP contribution is -2.13. The Morgan fingerprint density at radius 1 is 1.52 bits per heavy atom. The molecule has 0 fully saturated rings. The molecule has 0 saturated carbocycles. The number of rotatable bonds is 5. The molecule has 0 aliphatic carbocycles. The lowest BCUT2D eigenvalue weighted by molar-refractivity contribution is -0.384. The van der Waals surface area contributed by atoms with E-state index in [9.17, 15) is 14.9 Å². The summed E-state index contributed by atoms with van der Waals surface area (Å²) in [5.74, 6) is -0.271. The fourth-order valence-electron chi connectivity index (χ4n) is 1.50. The van der Waals surface area contributed by atoms with E-state index < -0.39 is 10.8 Å². The molecule has 1 amide bonds. The monoisotopic (exact) mass is 328 g/mol. The van der Waals surface area contributed by atoms with Gasteiger partial charge in [-0.25, -0.2) is 0 Å². The number of carbonyl (C=O) groups is 1. The van der Waals surface area contributed by atoms with Gasteiger partial charge in [0.15, 0.2) is 0 Å². The molecule has 2 rings (SSSR count). The number of halogens is 1. The van der Waals surface area contributed by atoms with E-state index >= 15 is 0 Å². The third kappa shape index (κ3) is 3.64. The van der Waals surface area contributed by atoms with Crippen LogP contribution in [-0.2, 0) is 0 Å². The van der Waals surface area contributed by atoms with Crippen molar-refractivity contribution in [3.8, 4) is 5.75 Å². The van der Waals surface area contributed by atoms with Crippen LogP contribution < -0.4 is 10.1 Å². The molecule has 1 aromatic heterocycles. The van der Waals surface area contributed by atoms with Gasteiger partial charge in [-0.2, -0.15) is 0 Å². The second kappa shape index (κ2) is 6.46. The zero-order chi connectivity index (χ0) is 15.4. The van der Waals surface area contributed by atoms with Crippen molar-refractivity contribution in [3.63, 3.8) is 0 Å². The van der Waals surface area contributed by atoms with Gasteiger partial charge in [0.05, 0.1) is 17.6 Å². The topological polar surface area (TPSA) is 107 Å². The van der Waals surface area contributed by atoms with Crippen LogP contribution >= 0.6 is 22.9 Å². The van der Waals surface area contributed by atoms with Crippen molar-refractivity contribution in [3.05, 3.63) is 37.8 Å². The molecule has 110 valence electrons. The van der Waals surface area contributed by atoms with E-state index in [2.05, 4.69) is 15.5 Å². The van der Waals surface area contributed by atoms with Crippen LogP contribution in [0.1, 0.15) is 16.7 Å². The quantitative estimate of drug-likeness (QED) is 0.668. The number of nitro groups is 1. The molecule has 0 unspecified atom stereocenters. The Morgan fingerprint density at radius 3 is 2.86 bits per heavy atom. The van der Waals surface area contributed by atoms with Crippen LogP contribution in [0.15, 0.2) is 18.2 Å². The first-order chi connectivity index (χ1) is 10.0. The molecule has 10 heteroatoms. The van der Waals surface area contributed by atoms with E-state index in [-0.39, 0.29) is 20.8 Å². The molecule has 0 aliphatic rings. The Morgan fingerprint density at radius 2 is 2.29 bits per heavy atom. The Labute approximate surface area is 127 Å². The largest absolute Gasteiger partial charge is 0.494 e. The minimum Gasteiger partial charge on any atom is -0.494 e. The Hall–Kier alpha value is -2.26. The van der Waals surface area contributed by atoms with E-state index in [1.165, 1.54) is 18.2 Å². The van der Waals surface area contributed by atoms with Crippen molar-refractivity contribution in [1.82, 2.24) is 10.2 Å². The van der Waals surface area contributed by atoms with Gasteiger partial charge in [-0.05, 0) is 30.7 Å². The predicted octanol–water partition coefficient (Wildman–Crippen LogP) is 2.75. The number of nitrogens with zero attached hydrogens (tertiary/aromatic N) is 3. The summed E-state index contributed by atoms with van der Waals surface area (Å²) in [4.78, 5) is 22.3. The first-order valence-corrected chi connectivity index (χ1v) is 6.92. The third-order valence-electron chi connectivity index (χ3n) is 2.32. The van der Waals surface area contributed by atoms with Crippen LogP contribution in [0, 0.1) is 10.1 Å². The molecule has 0 saturated heterocycles. The van der Waals surface area contributed by atoms with Crippen LogP contribution in [0.2, 0.25) is 4.47 Å². The first-order valence-electron chi connectivity index (χ1n) is 5.73. The number of carbonyl (C=O) groups excluding carboxylic acids is 1. The van der Waals surface area contributed by atoms with Crippen LogP contribution in [0.3, 0.4) is 0 Å². The highest BCUT2D eigenvalue weighted by Gasteiger charge is 2.20. The maximum atomic E-state index is 11.9. The van der Waals surface area contributed by atoms with E-state index in [0.717, 1.165) is 11.3 Å². The van der Waals surface area contributed by atoms with Gasteiger partial charge in [0.1, 0.15) is 11.4 Å². The van der Waals surface area contributed by atoms with Gasteiger partial charge in [0.2, 0.25) is 9.47 Å². The second-order valence-electron chi connectivity index (χ2n) is 3.68. The van der Waals surface area contributed by atoms with Gasteiger partial charge >= 0.3 is 0 Å². The zero-order valence-electron chi connectivity index (χ0n) is 10.7. The van der Waals surface area contributed by atoms with Crippen LogP contribution in [-0.4, -0.2) is 27.6 Å². The summed E-state index contributed by atoms with van der Waals surface area (Å²) in [6.45, 7) is 2.15. The molecule has 0 aliphatic heterocycles. The lowest BCUT2D eigenvalue weighted by Gasteiger charge is -2.07. The zero-order valence-corrected chi connectivity index (χ0v) is 12.3. The number of amides is 1. The highest BCUT2D eigenvalue weighted by molar-refractivity contribution is 7.17. The Kier molecular flexibility index (Phi) is 4.66. The molecule has 0 bridgehead atoms. The molecular formula is C11H9ClN4O4S. The van der Waals surface area contributed by atoms with Crippen molar-refractivity contribution in [2.75, 3.05) is 11.9 Å². The number of hydrogen-bond acceptors (Lipinski definition) is 7. The summed E-state index contributed by atoms with van der Waals surface area (Å²) in [5, 5.41) is 20.5. The molecule has 1 N–H and O–H groups in total. The molecule has 0 spiro atoms. The molecule has 8 nitrogen and oxygen atoms in total. The minimum atomic E-state index is -0.619. The van der Waals surface area contributed by atoms with E-state index in [1.54, 1.807) is 6.92 Å². The van der Waals surface area contributed by atoms with Gasteiger partial charge in [-0.15, -0.1) is 10.2 Å². The molecule has 0 radical (unpaired) electrons. The molecule has 2 aromatic rings. The van der Waals surface area contributed by atoms with Gasteiger partial charge in [-0.1, -0.05) is 11.3 Å². The fourth-order valence-corrected chi connectivity index (χ4v) is 2.22. The Bertz CT molecular complexity index is 691. The predicted molar refractivity (Wildman–Crippen MR) is 77.1 cm³/mol. The fraction of sp³-hybridized carbons (Fsp3) is 0.182. The molecular weight excluding hydrogens is 320 g/mol. The average molecular weight is 329 g/mol. The second-order valence-corrected chi connectivity index (χ2v) is 5.24. The van der Waals surface area contributed by atoms with Crippen LogP contribution in [0.25, 0.3) is 0 Å². The maximum absolute atomic E-state index is 11.9. The van der Waals surface area contributed by atoms with Crippen molar-refractivity contribution < 1.29 is 14.5 Å². The standard InChI is InChI=1S/C11H9ClN4O4S/c1-2-20-6-3-4-7(8(5-6)16(18)19)13-9(17)10-14-15-11(12)21-10/h3-5H,2H2,1H3,(H,13,17). The smallest absolute Gasteiger partial charge is 0.296 e. The maximum Gasteiger partial charge on any atom is 0.296 e. The first kappa shape index (κ1) is 15.1. The Balaban J connectivity index is 2.26. The number of aromatic nitrogens is 2. The number of nitro benzene ring substituents is 1. The van der Waals surface area contributed by atoms with Crippen molar-refractivity contribution in [2.24, 2.45) is 0 Å². The molecule has 21 heavy (non-hydrogen) atoms. The van der Waals surface area contributed by atoms with E-state index in [4.69, 9.17) is 16.3 Å². The van der Waals surface area contributed by atoms with E-state index in [0.29, 0.717) is 12.4 Å². The number of nitrogens with one attached hydrogen (secondary N) is 1. The minimum absolute atomic E-state index is 0.0168. The molecule has 0 atom stereocenters. The molecule has 1 heterocycles. The van der Waals surface area contributed by atoms with Crippen LogP contribution in [0.5, 0.6) is 5.75 Å². The number of ether oxygens (including phenoxy) is 1. The van der Waals surface area contributed by atoms with Gasteiger partial charge in [-0.3, -0.25) is 14.9 Å². The van der Waals surface area contributed by atoms with Crippen molar-refractivity contribution >= 4 is 40.2 Å². The van der Waals surface area contributed by atoms with Gasteiger partial charge < -0.3 is 10.1 Å². The van der Waals surface area contributed by atoms with Crippen molar-refractivity contribution in [2.45, 2.75) is 6.92 Å². The number of benzene rings is 1. The lowest BCUT2D eigenvalue weighted by atomic mass is 10.2. The number of anilines is 1. The highest BCUT2D eigenvalue weighted by atomic mass is 35.5. The van der Waals surface area contributed by atoms with Gasteiger partial charge in [0.25, 0.3) is 11.6 Å². The van der Waals surface area contributed by atoms with Crippen LogP contribution in [0.4, 0.5) is 11.4 Å². The third-order valence-corrected chi connectivity index (χ3v) is 3.34. The van der Waals surface area contributed by atoms with Gasteiger partial charge in [0, 0.05) is 0 Å². The highest BCUT2D eigenvalue weighted by Crippen LogP contribution is 2.29. The molecule has 1 aromatic carbocycles. The SMILES string of the molecule is CCOc1ccc(NC(=O)c2nnc(Cl)s2)c([N+](=O)[O-])c1.